The number of anilines is 1. The monoisotopic (exact) mass is 276 g/mol. The Hall–Kier alpha value is -1.72. The van der Waals surface area contributed by atoms with Crippen LogP contribution in [0.1, 0.15) is 44.5 Å². The fourth-order valence-electron chi connectivity index (χ4n) is 3.60. The minimum atomic E-state index is -0.698. The summed E-state index contributed by atoms with van der Waals surface area (Å²) in [6, 6.07) is 0.302. The molecule has 108 valence electrons. The number of aromatic nitrogens is 3. The van der Waals surface area contributed by atoms with Gasteiger partial charge in [0.1, 0.15) is 0 Å². The lowest BCUT2D eigenvalue weighted by molar-refractivity contribution is -0.142. The molecular formula is C14H20N4O2. The fraction of sp³-hybridized carbons (Fsp3) is 0.714. The Kier molecular flexibility index (Phi) is 3.31. The molecule has 3 atom stereocenters. The lowest BCUT2D eigenvalue weighted by atomic mass is 9.89. The van der Waals surface area contributed by atoms with Crippen molar-refractivity contribution >= 4 is 11.9 Å². The number of rotatable bonds is 4. The molecule has 2 saturated heterocycles. The predicted molar refractivity (Wildman–Crippen MR) is 73.6 cm³/mol. The summed E-state index contributed by atoms with van der Waals surface area (Å²) in [6.45, 7) is 4.11. The highest BCUT2D eigenvalue weighted by molar-refractivity contribution is 5.73. The van der Waals surface area contributed by atoms with Crippen molar-refractivity contribution in [2.45, 2.75) is 58.0 Å². The maximum atomic E-state index is 11.3. The van der Waals surface area contributed by atoms with E-state index >= 15 is 0 Å². The first kappa shape index (κ1) is 13.3. The van der Waals surface area contributed by atoms with Crippen LogP contribution in [-0.4, -0.2) is 38.3 Å². The Labute approximate surface area is 118 Å². The minimum Gasteiger partial charge on any atom is -0.481 e. The first-order valence-corrected chi connectivity index (χ1v) is 7.39. The van der Waals surface area contributed by atoms with Crippen LogP contribution < -0.4 is 4.90 Å². The summed E-state index contributed by atoms with van der Waals surface area (Å²) in [5.41, 5.74) is 1.92. The normalized spacial score (nSPS) is 28.1. The molecule has 1 aromatic rings. The van der Waals surface area contributed by atoms with E-state index in [9.17, 15) is 9.90 Å². The molecule has 1 N–H and O–H groups in total. The SMILES string of the molecule is CCc1nnc(N2C3CCC2C(C(=O)O)C3)nc1CC. The van der Waals surface area contributed by atoms with Gasteiger partial charge in [-0.3, -0.25) is 4.79 Å². The van der Waals surface area contributed by atoms with Gasteiger partial charge in [0.25, 0.3) is 0 Å². The second-order valence-corrected chi connectivity index (χ2v) is 5.60. The highest BCUT2D eigenvalue weighted by atomic mass is 16.4. The van der Waals surface area contributed by atoms with Gasteiger partial charge in [-0.25, -0.2) is 4.98 Å². The third kappa shape index (κ3) is 1.94. The van der Waals surface area contributed by atoms with Gasteiger partial charge >= 0.3 is 5.97 Å². The van der Waals surface area contributed by atoms with E-state index in [1.807, 2.05) is 6.92 Å². The van der Waals surface area contributed by atoms with Crippen molar-refractivity contribution in [1.29, 1.82) is 0 Å². The van der Waals surface area contributed by atoms with Crippen molar-refractivity contribution in [1.82, 2.24) is 15.2 Å². The first-order valence-electron chi connectivity index (χ1n) is 7.39. The average molecular weight is 276 g/mol. The van der Waals surface area contributed by atoms with Gasteiger partial charge in [0.05, 0.1) is 17.3 Å². The topological polar surface area (TPSA) is 79.2 Å². The smallest absolute Gasteiger partial charge is 0.308 e. The van der Waals surface area contributed by atoms with Gasteiger partial charge < -0.3 is 10.0 Å². The van der Waals surface area contributed by atoms with Crippen LogP contribution in [0.25, 0.3) is 0 Å². The summed E-state index contributed by atoms with van der Waals surface area (Å²) in [7, 11) is 0. The molecule has 2 bridgehead atoms. The number of hydrogen-bond donors (Lipinski definition) is 1. The van der Waals surface area contributed by atoms with Crippen molar-refractivity contribution < 1.29 is 9.90 Å². The van der Waals surface area contributed by atoms with E-state index in [1.165, 1.54) is 0 Å². The minimum absolute atomic E-state index is 0.0384. The van der Waals surface area contributed by atoms with Gasteiger partial charge in [0.15, 0.2) is 0 Å². The zero-order valence-corrected chi connectivity index (χ0v) is 11.9. The molecular weight excluding hydrogens is 256 g/mol. The van der Waals surface area contributed by atoms with Crippen molar-refractivity contribution in [2.24, 2.45) is 5.92 Å². The molecule has 2 fully saturated rings. The molecule has 2 aliphatic heterocycles. The molecule has 0 saturated carbocycles. The molecule has 0 spiro atoms. The van der Waals surface area contributed by atoms with Crippen LogP contribution in [-0.2, 0) is 17.6 Å². The number of aryl methyl sites for hydroxylation is 2. The molecule has 3 rings (SSSR count). The van der Waals surface area contributed by atoms with E-state index in [0.717, 1.165) is 37.1 Å². The average Bonchev–Trinajstić information content (AvgIpc) is 3.04. The van der Waals surface area contributed by atoms with Crippen molar-refractivity contribution in [3.8, 4) is 0 Å². The number of carboxylic acids is 1. The van der Waals surface area contributed by atoms with E-state index in [-0.39, 0.29) is 18.0 Å². The Morgan fingerprint density at radius 2 is 2.00 bits per heavy atom. The summed E-state index contributed by atoms with van der Waals surface area (Å²) in [5, 5.41) is 17.8. The van der Waals surface area contributed by atoms with Crippen LogP contribution >= 0.6 is 0 Å². The summed E-state index contributed by atoms with van der Waals surface area (Å²) in [5.74, 6) is -0.361. The molecule has 0 aliphatic carbocycles. The van der Waals surface area contributed by atoms with E-state index in [2.05, 4.69) is 27.0 Å². The number of hydrogen-bond acceptors (Lipinski definition) is 5. The van der Waals surface area contributed by atoms with Gasteiger partial charge in [-0.15, -0.1) is 5.10 Å². The van der Waals surface area contributed by atoms with E-state index in [1.54, 1.807) is 0 Å². The summed E-state index contributed by atoms with van der Waals surface area (Å²) < 4.78 is 0. The van der Waals surface area contributed by atoms with Gasteiger partial charge in [0, 0.05) is 12.1 Å². The lowest BCUT2D eigenvalue weighted by Gasteiger charge is -2.23. The third-order valence-corrected chi connectivity index (χ3v) is 4.58. The molecule has 3 unspecified atom stereocenters. The highest BCUT2D eigenvalue weighted by Crippen LogP contribution is 2.43. The van der Waals surface area contributed by atoms with Crippen LogP contribution in [0, 0.1) is 5.92 Å². The largest absolute Gasteiger partial charge is 0.481 e. The summed E-state index contributed by atoms with van der Waals surface area (Å²) >= 11 is 0. The molecule has 3 heterocycles. The second-order valence-electron chi connectivity index (χ2n) is 5.60. The Morgan fingerprint density at radius 1 is 1.25 bits per heavy atom. The van der Waals surface area contributed by atoms with Crippen LogP contribution in [0.5, 0.6) is 0 Å². The number of carboxylic acid groups (broad SMARTS) is 1. The fourth-order valence-corrected chi connectivity index (χ4v) is 3.60. The number of fused-ring (bicyclic) bond motifs is 2. The molecule has 0 aromatic carbocycles. The van der Waals surface area contributed by atoms with E-state index in [0.29, 0.717) is 12.4 Å². The third-order valence-electron chi connectivity index (χ3n) is 4.58. The molecule has 6 nitrogen and oxygen atoms in total. The quantitative estimate of drug-likeness (QED) is 0.896. The zero-order valence-electron chi connectivity index (χ0n) is 11.9. The molecule has 0 amide bonds. The molecule has 6 heteroatoms. The maximum absolute atomic E-state index is 11.3. The van der Waals surface area contributed by atoms with Crippen LogP contribution in [0.3, 0.4) is 0 Å². The van der Waals surface area contributed by atoms with Crippen LogP contribution in [0.2, 0.25) is 0 Å². The molecule has 2 aliphatic rings. The summed E-state index contributed by atoms with van der Waals surface area (Å²) in [6.07, 6.45) is 4.32. The lowest BCUT2D eigenvalue weighted by Crippen LogP contribution is -2.34. The van der Waals surface area contributed by atoms with E-state index < -0.39 is 5.97 Å². The van der Waals surface area contributed by atoms with Crippen molar-refractivity contribution in [3.63, 3.8) is 0 Å². The molecule has 1 aromatic heterocycles. The zero-order chi connectivity index (χ0) is 14.3. The van der Waals surface area contributed by atoms with Crippen molar-refractivity contribution in [3.05, 3.63) is 11.4 Å². The van der Waals surface area contributed by atoms with Gasteiger partial charge in [-0.05, 0) is 32.1 Å². The molecule has 20 heavy (non-hydrogen) atoms. The van der Waals surface area contributed by atoms with Crippen LogP contribution in [0.4, 0.5) is 5.95 Å². The van der Waals surface area contributed by atoms with Crippen molar-refractivity contribution in [2.75, 3.05) is 4.90 Å². The number of carbonyl (C=O) groups is 1. The Morgan fingerprint density at radius 3 is 2.60 bits per heavy atom. The van der Waals surface area contributed by atoms with Gasteiger partial charge in [-0.2, -0.15) is 5.10 Å². The second kappa shape index (κ2) is 5.00. The predicted octanol–water partition coefficient (Wildman–Crippen LogP) is 1.44. The standard InChI is InChI=1S/C14H20N4O2/c1-3-10-11(4-2)16-17-14(15-10)18-8-5-6-12(18)9(7-8)13(19)20/h8-9,12H,3-7H2,1-2H3,(H,19,20). The van der Waals surface area contributed by atoms with Crippen LogP contribution in [0.15, 0.2) is 0 Å². The Bertz CT molecular complexity index is 534. The van der Waals surface area contributed by atoms with Gasteiger partial charge in [0.2, 0.25) is 5.95 Å². The first-order chi connectivity index (χ1) is 9.65. The molecule has 0 radical (unpaired) electrons. The van der Waals surface area contributed by atoms with E-state index in [4.69, 9.17) is 0 Å². The summed E-state index contributed by atoms with van der Waals surface area (Å²) in [4.78, 5) is 18.0. The maximum Gasteiger partial charge on any atom is 0.308 e. The Balaban J connectivity index is 1.92. The van der Waals surface area contributed by atoms with Gasteiger partial charge in [-0.1, -0.05) is 13.8 Å². The number of nitrogens with zero attached hydrogens (tertiary/aromatic N) is 4. The highest BCUT2D eigenvalue weighted by Gasteiger charge is 2.50. The number of aliphatic carboxylic acids is 1.